The first-order valence-corrected chi connectivity index (χ1v) is 7.56. The van der Waals surface area contributed by atoms with Crippen molar-refractivity contribution in [2.24, 2.45) is 5.41 Å². The first kappa shape index (κ1) is 16.7. The molecule has 0 aromatic heterocycles. The fourth-order valence-electron chi connectivity index (χ4n) is 3.08. The molecule has 0 radical (unpaired) electrons. The number of hydrogen-bond donors (Lipinski definition) is 3. The highest BCUT2D eigenvalue weighted by Gasteiger charge is 2.42. The van der Waals surface area contributed by atoms with Crippen LogP contribution in [0.25, 0.3) is 0 Å². The minimum atomic E-state index is -0.614. The number of carbonyl (C=O) groups is 1. The van der Waals surface area contributed by atoms with Crippen molar-refractivity contribution >= 4 is 6.03 Å². The van der Waals surface area contributed by atoms with E-state index in [1.54, 1.807) is 12.1 Å². The van der Waals surface area contributed by atoms with Crippen LogP contribution in [-0.4, -0.2) is 37.0 Å². The van der Waals surface area contributed by atoms with Crippen LogP contribution in [0.3, 0.4) is 0 Å². The van der Waals surface area contributed by atoms with Gasteiger partial charge in [-0.2, -0.15) is 0 Å². The van der Waals surface area contributed by atoms with Crippen LogP contribution in [0.15, 0.2) is 24.3 Å². The maximum absolute atomic E-state index is 13.0. The number of halogens is 2. The van der Waals surface area contributed by atoms with E-state index in [2.05, 4.69) is 10.6 Å². The lowest BCUT2D eigenvalue weighted by Gasteiger charge is -2.33. The highest BCUT2D eigenvalue weighted by atomic mass is 19.1. The van der Waals surface area contributed by atoms with Crippen LogP contribution in [0.5, 0.6) is 0 Å². The number of amides is 2. The minimum Gasteiger partial charge on any atom is -0.392 e. The quantitative estimate of drug-likeness (QED) is 0.754. The Labute approximate surface area is 128 Å². The van der Waals surface area contributed by atoms with E-state index < -0.39 is 24.2 Å². The highest BCUT2D eigenvalue weighted by molar-refractivity contribution is 5.73. The van der Waals surface area contributed by atoms with Gasteiger partial charge in [0.25, 0.3) is 0 Å². The summed E-state index contributed by atoms with van der Waals surface area (Å²) < 4.78 is 25.0. The molecule has 1 saturated carbocycles. The Morgan fingerprint density at radius 1 is 1.32 bits per heavy atom. The summed E-state index contributed by atoms with van der Waals surface area (Å²) in [4.78, 5) is 11.6. The lowest BCUT2D eigenvalue weighted by molar-refractivity contribution is 0.0540. The lowest BCUT2D eigenvalue weighted by atomic mass is 9.78. The van der Waals surface area contributed by atoms with Gasteiger partial charge < -0.3 is 15.7 Å². The molecule has 1 fully saturated rings. The van der Waals surface area contributed by atoms with Crippen LogP contribution in [0, 0.1) is 11.2 Å². The van der Waals surface area contributed by atoms with Crippen molar-refractivity contribution in [1.82, 2.24) is 10.6 Å². The zero-order valence-corrected chi connectivity index (χ0v) is 12.4. The molecule has 0 aliphatic heterocycles. The molecule has 0 unspecified atom stereocenters. The van der Waals surface area contributed by atoms with Gasteiger partial charge in [-0.3, -0.25) is 0 Å². The molecule has 0 bridgehead atoms. The summed E-state index contributed by atoms with van der Waals surface area (Å²) in [6.45, 7) is -0.334. The molecule has 0 heterocycles. The maximum Gasteiger partial charge on any atom is 0.314 e. The molecule has 1 aliphatic carbocycles. The molecule has 3 N–H and O–H groups in total. The van der Waals surface area contributed by atoms with Crippen molar-refractivity contribution in [1.29, 1.82) is 0 Å². The van der Waals surface area contributed by atoms with E-state index in [4.69, 9.17) is 0 Å². The fraction of sp³-hybridized carbons (Fsp3) is 0.562. The number of urea groups is 1. The van der Waals surface area contributed by atoms with Gasteiger partial charge in [-0.25, -0.2) is 13.6 Å². The Balaban J connectivity index is 2.01. The smallest absolute Gasteiger partial charge is 0.314 e. The normalized spacial score (nSPS) is 24.2. The van der Waals surface area contributed by atoms with Crippen LogP contribution in [0.1, 0.15) is 24.8 Å². The lowest BCUT2D eigenvalue weighted by Crippen LogP contribution is -2.47. The van der Waals surface area contributed by atoms with Crippen molar-refractivity contribution in [3.8, 4) is 0 Å². The Bertz CT molecular complexity index is 495. The molecular weight excluding hydrogens is 290 g/mol. The van der Waals surface area contributed by atoms with Gasteiger partial charge in [-0.15, -0.1) is 0 Å². The summed E-state index contributed by atoms with van der Waals surface area (Å²) in [5.41, 5.74) is 0.471. The molecule has 2 amide bonds. The first-order valence-electron chi connectivity index (χ1n) is 7.56. The van der Waals surface area contributed by atoms with E-state index in [0.29, 0.717) is 19.4 Å². The van der Waals surface area contributed by atoms with Gasteiger partial charge in [0, 0.05) is 18.5 Å². The van der Waals surface area contributed by atoms with Crippen LogP contribution in [0.2, 0.25) is 0 Å². The standard InChI is InChI=1S/C16H22F2N2O2/c17-8-9-19-15(22)20-11-16(7-1-2-14(16)21)10-12-3-5-13(18)6-4-12/h3-6,14,21H,1-2,7-11H2,(H2,19,20,22)/t14-,16+/m0/s1. The number of aliphatic hydroxyl groups excluding tert-OH is 1. The Kier molecular flexibility index (Phi) is 5.71. The average Bonchev–Trinajstić information content (AvgIpc) is 2.87. The van der Waals surface area contributed by atoms with Gasteiger partial charge in [0.15, 0.2) is 0 Å². The topological polar surface area (TPSA) is 61.4 Å². The highest BCUT2D eigenvalue weighted by Crippen LogP contribution is 2.40. The molecule has 2 atom stereocenters. The molecule has 2 rings (SSSR count). The summed E-state index contributed by atoms with van der Waals surface area (Å²) in [6, 6.07) is 5.75. The van der Waals surface area contributed by atoms with E-state index in [9.17, 15) is 18.7 Å². The summed E-state index contributed by atoms with van der Waals surface area (Å²) in [5.74, 6) is -0.298. The molecule has 122 valence electrons. The Morgan fingerprint density at radius 3 is 2.64 bits per heavy atom. The van der Waals surface area contributed by atoms with Gasteiger partial charge in [0.1, 0.15) is 12.5 Å². The van der Waals surface area contributed by atoms with Crippen LogP contribution in [-0.2, 0) is 6.42 Å². The first-order chi connectivity index (χ1) is 10.6. The summed E-state index contributed by atoms with van der Waals surface area (Å²) in [7, 11) is 0. The summed E-state index contributed by atoms with van der Waals surface area (Å²) in [5, 5.41) is 15.5. The Hall–Kier alpha value is -1.69. The molecule has 4 nitrogen and oxygen atoms in total. The van der Waals surface area contributed by atoms with Gasteiger partial charge in [-0.1, -0.05) is 18.6 Å². The third-order valence-corrected chi connectivity index (χ3v) is 4.31. The number of benzene rings is 1. The van der Waals surface area contributed by atoms with Crippen molar-refractivity contribution in [2.45, 2.75) is 31.8 Å². The number of nitrogens with one attached hydrogen (secondary N) is 2. The van der Waals surface area contributed by atoms with Crippen molar-refractivity contribution in [3.63, 3.8) is 0 Å². The zero-order valence-electron chi connectivity index (χ0n) is 12.4. The zero-order chi connectivity index (χ0) is 16.0. The number of rotatable bonds is 6. The van der Waals surface area contributed by atoms with E-state index in [-0.39, 0.29) is 12.4 Å². The number of hydrogen-bond acceptors (Lipinski definition) is 2. The van der Waals surface area contributed by atoms with E-state index in [1.807, 2.05) is 0 Å². The summed E-state index contributed by atoms with van der Waals surface area (Å²) in [6.07, 6.45) is 2.41. The van der Waals surface area contributed by atoms with E-state index in [1.165, 1.54) is 12.1 Å². The fourth-order valence-corrected chi connectivity index (χ4v) is 3.08. The molecule has 1 aliphatic rings. The molecular formula is C16H22F2N2O2. The van der Waals surface area contributed by atoms with Crippen molar-refractivity contribution in [3.05, 3.63) is 35.6 Å². The molecule has 22 heavy (non-hydrogen) atoms. The molecule has 1 aromatic rings. The predicted molar refractivity (Wildman–Crippen MR) is 79.8 cm³/mol. The molecule has 1 aromatic carbocycles. The Morgan fingerprint density at radius 2 is 2.05 bits per heavy atom. The third kappa shape index (κ3) is 4.16. The number of aliphatic hydroxyl groups is 1. The van der Waals surface area contributed by atoms with E-state index in [0.717, 1.165) is 18.4 Å². The van der Waals surface area contributed by atoms with Gasteiger partial charge in [-0.05, 0) is 37.0 Å². The van der Waals surface area contributed by atoms with Crippen LogP contribution >= 0.6 is 0 Å². The predicted octanol–water partition coefficient (Wildman–Crippen LogP) is 2.17. The summed E-state index contributed by atoms with van der Waals surface area (Å²) >= 11 is 0. The molecule has 0 saturated heterocycles. The molecule has 6 heteroatoms. The monoisotopic (exact) mass is 312 g/mol. The second-order valence-electron chi connectivity index (χ2n) is 5.87. The molecule has 0 spiro atoms. The van der Waals surface area contributed by atoms with Crippen molar-refractivity contribution < 1.29 is 18.7 Å². The van der Waals surface area contributed by atoms with Gasteiger partial charge in [0.2, 0.25) is 0 Å². The SMILES string of the molecule is O=C(NCCF)NC[C@]1(Cc2ccc(F)cc2)CCC[C@@H]1O. The van der Waals surface area contributed by atoms with E-state index >= 15 is 0 Å². The largest absolute Gasteiger partial charge is 0.392 e. The van der Waals surface area contributed by atoms with Gasteiger partial charge in [0.05, 0.1) is 6.10 Å². The van der Waals surface area contributed by atoms with Crippen LogP contribution < -0.4 is 10.6 Å². The second kappa shape index (κ2) is 7.54. The van der Waals surface area contributed by atoms with Crippen LogP contribution in [0.4, 0.5) is 13.6 Å². The minimum absolute atomic E-state index is 0.0284. The second-order valence-corrected chi connectivity index (χ2v) is 5.87. The third-order valence-electron chi connectivity index (χ3n) is 4.31. The average molecular weight is 312 g/mol. The maximum atomic E-state index is 13.0. The van der Waals surface area contributed by atoms with Crippen molar-refractivity contribution in [2.75, 3.05) is 19.8 Å². The number of alkyl halides is 1. The van der Waals surface area contributed by atoms with Gasteiger partial charge >= 0.3 is 6.03 Å². The number of carbonyl (C=O) groups excluding carboxylic acids is 1.